The number of anilines is 1. The van der Waals surface area contributed by atoms with Crippen molar-refractivity contribution in [3.05, 3.63) is 10.8 Å². The smallest absolute Gasteiger partial charge is 0.243 e. The molecule has 0 bridgehead atoms. The summed E-state index contributed by atoms with van der Waals surface area (Å²) in [7, 11) is 0. The van der Waals surface area contributed by atoms with E-state index >= 15 is 0 Å². The fourth-order valence-corrected chi connectivity index (χ4v) is 2.18. The fourth-order valence-electron chi connectivity index (χ4n) is 2.10. The lowest BCUT2D eigenvalue weighted by molar-refractivity contribution is 0.154. The molecule has 0 saturated heterocycles. The minimum absolute atomic E-state index is 0.217. The van der Waals surface area contributed by atoms with Gasteiger partial charge in [-0.05, 0) is 26.2 Å². The molecule has 1 aliphatic rings. The van der Waals surface area contributed by atoms with E-state index in [-0.39, 0.29) is 12.1 Å². The predicted molar refractivity (Wildman–Crippen MR) is 66.1 cm³/mol. The molecule has 6 heteroatoms. The molecule has 1 aromatic heterocycles. The summed E-state index contributed by atoms with van der Waals surface area (Å²) in [6.07, 6.45) is 4.63. The second-order valence-electron chi connectivity index (χ2n) is 4.53. The van der Waals surface area contributed by atoms with Crippen LogP contribution in [0.3, 0.4) is 0 Å². The van der Waals surface area contributed by atoms with E-state index in [4.69, 9.17) is 11.6 Å². The number of aliphatic hydroxyl groups is 1. The van der Waals surface area contributed by atoms with Crippen LogP contribution in [0.2, 0.25) is 5.15 Å². The van der Waals surface area contributed by atoms with Crippen LogP contribution in [-0.2, 0) is 0 Å². The van der Waals surface area contributed by atoms with E-state index in [1.807, 2.05) is 0 Å². The van der Waals surface area contributed by atoms with Gasteiger partial charge in [0.15, 0.2) is 5.15 Å². The van der Waals surface area contributed by atoms with E-state index in [0.717, 1.165) is 32.1 Å². The molecule has 2 atom stereocenters. The first-order valence-corrected chi connectivity index (χ1v) is 6.34. The number of nitrogens with one attached hydrogen (secondary N) is 1. The number of halogens is 1. The summed E-state index contributed by atoms with van der Waals surface area (Å²) in [6.45, 7) is 1.80. The summed E-state index contributed by atoms with van der Waals surface area (Å²) >= 11 is 5.77. The highest BCUT2D eigenvalue weighted by atomic mass is 35.5. The molecule has 5 nitrogen and oxygen atoms in total. The Kier molecular flexibility index (Phi) is 4.12. The first-order valence-electron chi connectivity index (χ1n) is 5.96. The van der Waals surface area contributed by atoms with Gasteiger partial charge in [-0.3, -0.25) is 0 Å². The van der Waals surface area contributed by atoms with E-state index in [0.29, 0.717) is 16.8 Å². The molecule has 1 fully saturated rings. The molecular weight excluding hydrogens is 240 g/mol. The van der Waals surface area contributed by atoms with Crippen molar-refractivity contribution in [3.8, 4) is 0 Å². The summed E-state index contributed by atoms with van der Waals surface area (Å²) in [5, 5.41) is 21.0. The van der Waals surface area contributed by atoms with Gasteiger partial charge in [-0.2, -0.15) is 0 Å². The largest absolute Gasteiger partial charge is 0.393 e. The standard InChI is InChI=1S/C11H17ClN4O/c1-7-10(12)15-16-11(13-7)14-8-4-2-3-5-9(17)6-8/h8-9,17H,2-6H2,1H3,(H,13,14,16)/t8-,9-/m1/s1. The number of hydrogen-bond acceptors (Lipinski definition) is 5. The average molecular weight is 257 g/mol. The molecule has 0 aromatic carbocycles. The number of hydrogen-bond donors (Lipinski definition) is 2. The van der Waals surface area contributed by atoms with Crippen LogP contribution in [0.5, 0.6) is 0 Å². The SMILES string of the molecule is Cc1nc(N[C@@H]2CCCC[C@@H](O)C2)nnc1Cl. The Bertz CT molecular complexity index is 388. The van der Waals surface area contributed by atoms with Gasteiger partial charge in [0.05, 0.1) is 11.8 Å². The maximum Gasteiger partial charge on any atom is 0.243 e. The van der Waals surface area contributed by atoms with Gasteiger partial charge in [0.1, 0.15) is 0 Å². The lowest BCUT2D eigenvalue weighted by Gasteiger charge is -2.17. The lowest BCUT2D eigenvalue weighted by atomic mass is 10.1. The maximum atomic E-state index is 9.72. The normalized spacial score (nSPS) is 25.4. The minimum atomic E-state index is -0.226. The third-order valence-corrected chi connectivity index (χ3v) is 3.38. The van der Waals surface area contributed by atoms with Gasteiger partial charge in [0.2, 0.25) is 5.95 Å². The monoisotopic (exact) mass is 256 g/mol. The summed E-state index contributed by atoms with van der Waals surface area (Å²) in [4.78, 5) is 4.22. The molecule has 94 valence electrons. The second-order valence-corrected chi connectivity index (χ2v) is 4.88. The first-order chi connectivity index (χ1) is 8.15. The van der Waals surface area contributed by atoms with Gasteiger partial charge in [-0.25, -0.2) is 4.98 Å². The number of aromatic nitrogens is 3. The van der Waals surface area contributed by atoms with E-state index in [1.165, 1.54) is 0 Å². The summed E-state index contributed by atoms with van der Waals surface area (Å²) < 4.78 is 0. The highest BCUT2D eigenvalue weighted by molar-refractivity contribution is 6.29. The van der Waals surface area contributed by atoms with Gasteiger partial charge in [-0.1, -0.05) is 24.4 Å². The highest BCUT2D eigenvalue weighted by Gasteiger charge is 2.19. The molecule has 0 amide bonds. The van der Waals surface area contributed by atoms with Crippen LogP contribution in [0.1, 0.15) is 37.8 Å². The Balaban J connectivity index is 2.01. The van der Waals surface area contributed by atoms with Gasteiger partial charge in [0.25, 0.3) is 0 Å². The number of rotatable bonds is 2. The lowest BCUT2D eigenvalue weighted by Crippen LogP contribution is -2.24. The van der Waals surface area contributed by atoms with Crippen molar-refractivity contribution < 1.29 is 5.11 Å². The summed E-state index contributed by atoms with van der Waals surface area (Å²) in [5.74, 6) is 0.492. The molecule has 1 aromatic rings. The van der Waals surface area contributed by atoms with Crippen molar-refractivity contribution in [2.45, 2.75) is 51.2 Å². The molecule has 0 unspecified atom stereocenters. The Hall–Kier alpha value is -0.940. The van der Waals surface area contributed by atoms with E-state index < -0.39 is 0 Å². The van der Waals surface area contributed by atoms with Gasteiger partial charge >= 0.3 is 0 Å². The van der Waals surface area contributed by atoms with Crippen molar-refractivity contribution in [3.63, 3.8) is 0 Å². The zero-order valence-corrected chi connectivity index (χ0v) is 10.6. The van der Waals surface area contributed by atoms with Crippen molar-refractivity contribution in [2.24, 2.45) is 0 Å². The maximum absolute atomic E-state index is 9.72. The van der Waals surface area contributed by atoms with Gasteiger partial charge in [0, 0.05) is 6.04 Å². The Labute approximate surface area is 106 Å². The van der Waals surface area contributed by atoms with Crippen LogP contribution in [0, 0.1) is 6.92 Å². The molecule has 0 aliphatic heterocycles. The molecule has 2 rings (SSSR count). The van der Waals surface area contributed by atoms with Crippen LogP contribution >= 0.6 is 11.6 Å². The van der Waals surface area contributed by atoms with Crippen LogP contribution in [-0.4, -0.2) is 32.4 Å². The Morgan fingerprint density at radius 2 is 2.06 bits per heavy atom. The van der Waals surface area contributed by atoms with E-state index in [1.54, 1.807) is 6.92 Å². The number of nitrogens with zero attached hydrogens (tertiary/aromatic N) is 3. The van der Waals surface area contributed by atoms with Gasteiger partial charge in [-0.15, -0.1) is 10.2 Å². The number of aliphatic hydroxyl groups excluding tert-OH is 1. The zero-order valence-electron chi connectivity index (χ0n) is 9.86. The molecule has 1 saturated carbocycles. The van der Waals surface area contributed by atoms with Crippen LogP contribution in [0.4, 0.5) is 5.95 Å². The van der Waals surface area contributed by atoms with Crippen LogP contribution in [0.15, 0.2) is 0 Å². The fraction of sp³-hybridized carbons (Fsp3) is 0.727. The second kappa shape index (κ2) is 5.60. The molecule has 0 radical (unpaired) electrons. The molecule has 1 aliphatic carbocycles. The van der Waals surface area contributed by atoms with Gasteiger partial charge < -0.3 is 10.4 Å². The van der Waals surface area contributed by atoms with Crippen LogP contribution in [0.25, 0.3) is 0 Å². The quantitative estimate of drug-likeness (QED) is 0.792. The highest BCUT2D eigenvalue weighted by Crippen LogP contribution is 2.20. The summed E-state index contributed by atoms with van der Waals surface area (Å²) in [5.41, 5.74) is 0.665. The van der Waals surface area contributed by atoms with Crippen LogP contribution < -0.4 is 5.32 Å². The average Bonchev–Trinajstić information content (AvgIpc) is 2.48. The third-order valence-electron chi connectivity index (χ3n) is 3.03. The molecule has 17 heavy (non-hydrogen) atoms. The van der Waals surface area contributed by atoms with Crippen molar-refractivity contribution in [1.82, 2.24) is 15.2 Å². The number of aryl methyl sites for hydroxylation is 1. The topological polar surface area (TPSA) is 70.9 Å². The minimum Gasteiger partial charge on any atom is -0.393 e. The Morgan fingerprint density at radius 3 is 2.82 bits per heavy atom. The molecular formula is C11H17ClN4O. The molecule has 0 spiro atoms. The van der Waals surface area contributed by atoms with E-state index in [2.05, 4.69) is 20.5 Å². The van der Waals surface area contributed by atoms with Crippen molar-refractivity contribution >= 4 is 17.5 Å². The molecule has 2 N–H and O–H groups in total. The third kappa shape index (κ3) is 3.51. The van der Waals surface area contributed by atoms with Crippen molar-refractivity contribution in [1.29, 1.82) is 0 Å². The zero-order chi connectivity index (χ0) is 12.3. The predicted octanol–water partition coefficient (Wildman–Crippen LogP) is 1.94. The first kappa shape index (κ1) is 12.5. The Morgan fingerprint density at radius 1 is 1.29 bits per heavy atom. The van der Waals surface area contributed by atoms with Crippen molar-refractivity contribution in [2.75, 3.05) is 5.32 Å². The van der Waals surface area contributed by atoms with E-state index in [9.17, 15) is 5.11 Å². The summed E-state index contributed by atoms with van der Waals surface area (Å²) in [6, 6.07) is 0.217. The molecule has 1 heterocycles.